The monoisotopic (exact) mass is 330 g/mol. The minimum atomic E-state index is -0.373. The van der Waals surface area contributed by atoms with Crippen molar-refractivity contribution in [3.05, 3.63) is 63.9 Å². The number of hydrogen-bond donors (Lipinski definition) is 1. The first-order valence-electron chi connectivity index (χ1n) is 7.13. The number of rotatable bonds is 5. The van der Waals surface area contributed by atoms with Crippen molar-refractivity contribution in [2.45, 2.75) is 19.9 Å². The van der Waals surface area contributed by atoms with Gasteiger partial charge in [0.05, 0.1) is 18.0 Å². The molecule has 118 valence electrons. The van der Waals surface area contributed by atoms with E-state index in [0.29, 0.717) is 17.1 Å². The molecule has 0 aliphatic heterocycles. The Morgan fingerprint density at radius 2 is 2.13 bits per heavy atom. The second-order valence-corrected chi connectivity index (χ2v) is 6.12. The molecule has 3 aromatic rings. The predicted molar refractivity (Wildman–Crippen MR) is 86.5 cm³/mol. The average Bonchev–Trinajstić information content (AvgIpc) is 3.16. The zero-order valence-electron chi connectivity index (χ0n) is 12.5. The summed E-state index contributed by atoms with van der Waals surface area (Å²) in [5.41, 5.74) is 1.17. The number of halogens is 1. The van der Waals surface area contributed by atoms with Gasteiger partial charge in [0, 0.05) is 5.38 Å². The van der Waals surface area contributed by atoms with Crippen molar-refractivity contribution in [2.75, 3.05) is 0 Å². The highest BCUT2D eigenvalue weighted by Gasteiger charge is 2.10. The smallest absolute Gasteiger partial charge is 0.224 e. The number of nitrogens with zero attached hydrogens (tertiary/aromatic N) is 1. The molecule has 0 fully saturated rings. The van der Waals surface area contributed by atoms with Gasteiger partial charge in [-0.3, -0.25) is 4.79 Å². The molecule has 0 saturated heterocycles. The molecular weight excluding hydrogens is 315 g/mol. The van der Waals surface area contributed by atoms with E-state index in [1.54, 1.807) is 35.6 Å². The van der Waals surface area contributed by atoms with Crippen LogP contribution in [-0.4, -0.2) is 10.9 Å². The molecule has 0 aliphatic rings. The van der Waals surface area contributed by atoms with Crippen LogP contribution in [0, 0.1) is 12.7 Å². The summed E-state index contributed by atoms with van der Waals surface area (Å²) in [6.07, 6.45) is 0.00548. The van der Waals surface area contributed by atoms with E-state index in [2.05, 4.69) is 10.3 Å². The predicted octanol–water partition coefficient (Wildman–Crippen LogP) is 3.71. The van der Waals surface area contributed by atoms with E-state index in [0.717, 1.165) is 10.7 Å². The summed E-state index contributed by atoms with van der Waals surface area (Å²) in [6, 6.07) is 9.88. The second kappa shape index (κ2) is 6.75. The van der Waals surface area contributed by atoms with Crippen LogP contribution in [0.2, 0.25) is 0 Å². The Hall–Kier alpha value is -2.47. The molecule has 1 N–H and O–H groups in total. The average molecular weight is 330 g/mol. The maximum Gasteiger partial charge on any atom is 0.224 e. The maximum atomic E-state index is 13.5. The fraction of sp³-hybridized carbons (Fsp3) is 0.176. The van der Waals surface area contributed by atoms with Gasteiger partial charge in [-0.05, 0) is 30.7 Å². The van der Waals surface area contributed by atoms with Crippen molar-refractivity contribution in [1.29, 1.82) is 0 Å². The molecule has 1 aromatic carbocycles. The zero-order valence-corrected chi connectivity index (χ0v) is 13.3. The van der Waals surface area contributed by atoms with Crippen LogP contribution in [0.25, 0.3) is 11.5 Å². The summed E-state index contributed by atoms with van der Waals surface area (Å²) in [6.45, 7) is 2.19. The third kappa shape index (κ3) is 3.84. The number of carbonyl (C=O) groups is 1. The highest BCUT2D eigenvalue weighted by Crippen LogP contribution is 2.23. The lowest BCUT2D eigenvalue weighted by molar-refractivity contribution is -0.120. The lowest BCUT2D eigenvalue weighted by atomic mass is 10.1. The number of amides is 1. The van der Waals surface area contributed by atoms with E-state index >= 15 is 0 Å². The molecule has 0 unspecified atom stereocenters. The van der Waals surface area contributed by atoms with Crippen molar-refractivity contribution in [3.8, 4) is 11.5 Å². The molecule has 1 amide bonds. The summed E-state index contributed by atoms with van der Waals surface area (Å²) in [5, 5.41) is 5.62. The van der Waals surface area contributed by atoms with E-state index in [4.69, 9.17) is 4.42 Å². The molecular formula is C17H15FN2O2S. The topological polar surface area (TPSA) is 55.1 Å². The first-order chi connectivity index (χ1) is 11.1. The van der Waals surface area contributed by atoms with Crippen LogP contribution >= 0.6 is 11.3 Å². The summed E-state index contributed by atoms with van der Waals surface area (Å²) in [7, 11) is 0. The van der Waals surface area contributed by atoms with Gasteiger partial charge in [-0.2, -0.15) is 0 Å². The Bertz CT molecular complexity index is 825. The quantitative estimate of drug-likeness (QED) is 0.776. The fourth-order valence-corrected chi connectivity index (χ4v) is 2.75. The molecule has 2 heterocycles. The van der Waals surface area contributed by atoms with Gasteiger partial charge in [-0.15, -0.1) is 11.3 Å². The molecule has 0 saturated carbocycles. The third-order valence-corrected chi connectivity index (χ3v) is 4.08. The highest BCUT2D eigenvalue weighted by atomic mass is 32.1. The molecule has 6 heteroatoms. The highest BCUT2D eigenvalue weighted by molar-refractivity contribution is 7.09. The van der Waals surface area contributed by atoms with Crippen LogP contribution in [0.1, 0.15) is 16.3 Å². The van der Waals surface area contributed by atoms with Crippen LogP contribution in [0.5, 0.6) is 0 Å². The Morgan fingerprint density at radius 3 is 2.87 bits per heavy atom. The van der Waals surface area contributed by atoms with E-state index in [1.807, 2.05) is 18.4 Å². The number of furan rings is 1. The van der Waals surface area contributed by atoms with Crippen molar-refractivity contribution in [2.24, 2.45) is 0 Å². The number of aryl methyl sites for hydroxylation is 1. The molecule has 0 spiro atoms. The fourth-order valence-electron chi connectivity index (χ4n) is 2.15. The largest absolute Gasteiger partial charge is 0.458 e. The summed E-state index contributed by atoms with van der Waals surface area (Å²) < 4.78 is 19.2. The summed E-state index contributed by atoms with van der Waals surface area (Å²) in [4.78, 5) is 16.2. The molecule has 0 aliphatic carbocycles. The van der Waals surface area contributed by atoms with Crippen LogP contribution in [0.3, 0.4) is 0 Å². The Morgan fingerprint density at radius 1 is 1.30 bits per heavy atom. The number of benzene rings is 1. The van der Waals surface area contributed by atoms with Crippen LogP contribution < -0.4 is 5.32 Å². The molecule has 0 atom stereocenters. The number of hydrogen-bond acceptors (Lipinski definition) is 4. The van der Waals surface area contributed by atoms with E-state index < -0.39 is 0 Å². The van der Waals surface area contributed by atoms with Crippen molar-refractivity contribution >= 4 is 17.2 Å². The van der Waals surface area contributed by atoms with Gasteiger partial charge in [-0.25, -0.2) is 9.37 Å². The van der Waals surface area contributed by atoms with Gasteiger partial charge >= 0.3 is 0 Å². The van der Waals surface area contributed by atoms with Gasteiger partial charge in [0.1, 0.15) is 17.3 Å². The SMILES string of the molecule is Cc1nc(-c2ccc(CNC(=O)Cc3ccccc3F)o2)cs1. The first-order valence-corrected chi connectivity index (χ1v) is 8.01. The molecule has 0 radical (unpaired) electrons. The molecule has 3 rings (SSSR count). The maximum absolute atomic E-state index is 13.5. The minimum Gasteiger partial charge on any atom is -0.458 e. The Balaban J connectivity index is 1.57. The van der Waals surface area contributed by atoms with Gasteiger partial charge in [0.2, 0.25) is 5.91 Å². The standard InChI is InChI=1S/C17H15FN2O2S/c1-11-20-15(10-23-11)16-7-6-13(22-16)9-19-17(21)8-12-4-2-3-5-14(12)18/h2-7,10H,8-9H2,1H3,(H,19,21). The van der Waals surface area contributed by atoms with Crippen LogP contribution in [0.15, 0.2) is 46.2 Å². The summed E-state index contributed by atoms with van der Waals surface area (Å²) in [5.74, 6) is 0.680. The van der Waals surface area contributed by atoms with Gasteiger partial charge in [0.25, 0.3) is 0 Å². The molecule has 4 nitrogen and oxygen atoms in total. The van der Waals surface area contributed by atoms with Gasteiger partial charge in [-0.1, -0.05) is 18.2 Å². The van der Waals surface area contributed by atoms with Crippen molar-refractivity contribution in [1.82, 2.24) is 10.3 Å². The van der Waals surface area contributed by atoms with Crippen molar-refractivity contribution in [3.63, 3.8) is 0 Å². The van der Waals surface area contributed by atoms with E-state index in [1.165, 1.54) is 6.07 Å². The summed E-state index contributed by atoms with van der Waals surface area (Å²) >= 11 is 1.55. The van der Waals surface area contributed by atoms with Gasteiger partial charge in [0.15, 0.2) is 5.76 Å². The molecule has 0 bridgehead atoms. The number of aromatic nitrogens is 1. The van der Waals surface area contributed by atoms with Crippen molar-refractivity contribution < 1.29 is 13.6 Å². The third-order valence-electron chi connectivity index (χ3n) is 3.30. The lowest BCUT2D eigenvalue weighted by Crippen LogP contribution is -2.24. The lowest BCUT2D eigenvalue weighted by Gasteiger charge is -2.04. The second-order valence-electron chi connectivity index (χ2n) is 5.06. The van der Waals surface area contributed by atoms with Crippen LogP contribution in [0.4, 0.5) is 4.39 Å². The minimum absolute atomic E-state index is 0.00548. The zero-order chi connectivity index (χ0) is 16.2. The molecule has 23 heavy (non-hydrogen) atoms. The van der Waals surface area contributed by atoms with E-state index in [9.17, 15) is 9.18 Å². The first kappa shape index (κ1) is 15.4. The normalized spacial score (nSPS) is 10.7. The van der Waals surface area contributed by atoms with Gasteiger partial charge < -0.3 is 9.73 Å². The Kier molecular flexibility index (Phi) is 4.52. The molecule has 2 aromatic heterocycles. The Labute approximate surface area is 137 Å². The number of thiazole rings is 1. The number of carbonyl (C=O) groups excluding carboxylic acids is 1. The number of nitrogens with one attached hydrogen (secondary N) is 1. The van der Waals surface area contributed by atoms with E-state index in [-0.39, 0.29) is 24.7 Å². The van der Waals surface area contributed by atoms with Crippen LogP contribution in [-0.2, 0) is 17.8 Å².